The zero-order valence-corrected chi connectivity index (χ0v) is 16.3. The normalized spacial score (nSPS) is 15.9. The zero-order valence-electron chi connectivity index (χ0n) is 16.3. The maximum atomic E-state index is 13.7. The maximum Gasteiger partial charge on any atom is 0.136 e. The standard InChI is InChI=1S/C23H21F2N5/c24-16-11-17(25)13-19(12-16)30-22-7-3-6-21(20(22)15-28-30)27-14-18-5-4-10-29(18)23-8-1-2-9-26-23/h1-2,4-5,8-13,15,21,27H,3,6-7,14H2/t21-/m1/s1. The molecule has 5 nitrogen and oxygen atoms in total. The van der Waals surface area contributed by atoms with Gasteiger partial charge in [0.25, 0.3) is 0 Å². The number of halogens is 2. The summed E-state index contributed by atoms with van der Waals surface area (Å²) in [7, 11) is 0. The van der Waals surface area contributed by atoms with Crippen LogP contribution in [0.4, 0.5) is 8.78 Å². The predicted octanol–water partition coefficient (Wildman–Crippen LogP) is 4.50. The van der Waals surface area contributed by atoms with Crippen LogP contribution in [0.5, 0.6) is 0 Å². The molecule has 1 aliphatic rings. The SMILES string of the molecule is Fc1cc(F)cc(-n2ncc3c2CCC[C@H]3NCc2cccn2-c2ccccn2)c1. The Bertz CT molecular complexity index is 1150. The summed E-state index contributed by atoms with van der Waals surface area (Å²) in [6.45, 7) is 0.674. The first-order valence-corrected chi connectivity index (χ1v) is 10.0. The van der Waals surface area contributed by atoms with E-state index in [-0.39, 0.29) is 6.04 Å². The number of benzene rings is 1. The van der Waals surface area contributed by atoms with E-state index in [0.717, 1.165) is 48.1 Å². The molecule has 0 saturated heterocycles. The molecule has 1 aromatic carbocycles. The highest BCUT2D eigenvalue weighted by Crippen LogP contribution is 2.31. The number of pyridine rings is 1. The van der Waals surface area contributed by atoms with Crippen LogP contribution in [0.25, 0.3) is 11.5 Å². The van der Waals surface area contributed by atoms with E-state index in [2.05, 4.69) is 26.0 Å². The average Bonchev–Trinajstić information content (AvgIpc) is 3.39. The minimum Gasteiger partial charge on any atom is -0.304 e. The molecule has 3 aromatic heterocycles. The van der Waals surface area contributed by atoms with Crippen LogP contribution < -0.4 is 5.32 Å². The van der Waals surface area contributed by atoms with E-state index >= 15 is 0 Å². The van der Waals surface area contributed by atoms with Crippen molar-refractivity contribution in [2.45, 2.75) is 31.8 Å². The first kappa shape index (κ1) is 18.7. The van der Waals surface area contributed by atoms with Crippen LogP contribution in [0.15, 0.2) is 67.1 Å². The highest BCUT2D eigenvalue weighted by Gasteiger charge is 2.25. The van der Waals surface area contributed by atoms with E-state index < -0.39 is 11.6 Å². The van der Waals surface area contributed by atoms with Crippen LogP contribution in [0.1, 0.15) is 35.8 Å². The van der Waals surface area contributed by atoms with Crippen molar-refractivity contribution in [2.75, 3.05) is 0 Å². The van der Waals surface area contributed by atoms with Crippen molar-refractivity contribution < 1.29 is 8.78 Å². The fourth-order valence-corrected chi connectivity index (χ4v) is 4.16. The quantitative estimate of drug-likeness (QED) is 0.532. The molecule has 30 heavy (non-hydrogen) atoms. The Hall–Kier alpha value is -3.32. The molecule has 0 radical (unpaired) electrons. The molecule has 1 N–H and O–H groups in total. The van der Waals surface area contributed by atoms with Crippen molar-refractivity contribution >= 4 is 0 Å². The summed E-state index contributed by atoms with van der Waals surface area (Å²) < 4.78 is 31.1. The Morgan fingerprint density at radius 2 is 1.93 bits per heavy atom. The predicted molar refractivity (Wildman–Crippen MR) is 110 cm³/mol. The lowest BCUT2D eigenvalue weighted by Gasteiger charge is -2.24. The van der Waals surface area contributed by atoms with Gasteiger partial charge in [-0.25, -0.2) is 18.4 Å². The monoisotopic (exact) mass is 405 g/mol. The van der Waals surface area contributed by atoms with Gasteiger partial charge in [-0.1, -0.05) is 6.07 Å². The van der Waals surface area contributed by atoms with Gasteiger partial charge in [-0.15, -0.1) is 0 Å². The lowest BCUT2D eigenvalue weighted by Crippen LogP contribution is -2.26. The Kier molecular flexibility index (Phi) is 4.88. The zero-order chi connectivity index (χ0) is 20.5. The summed E-state index contributed by atoms with van der Waals surface area (Å²) in [5, 5.41) is 8.07. The molecule has 0 amide bonds. The van der Waals surface area contributed by atoms with E-state index in [0.29, 0.717) is 12.2 Å². The van der Waals surface area contributed by atoms with Crippen molar-refractivity contribution in [1.29, 1.82) is 0 Å². The minimum atomic E-state index is -0.602. The number of hydrogen-bond acceptors (Lipinski definition) is 3. The first-order valence-electron chi connectivity index (χ1n) is 10.0. The van der Waals surface area contributed by atoms with Gasteiger partial charge in [0.2, 0.25) is 0 Å². The van der Waals surface area contributed by atoms with Crippen molar-refractivity contribution in [3.05, 3.63) is 95.7 Å². The summed E-state index contributed by atoms with van der Waals surface area (Å²) in [5.41, 5.74) is 3.62. The number of nitrogens with one attached hydrogen (secondary N) is 1. The largest absolute Gasteiger partial charge is 0.304 e. The van der Waals surface area contributed by atoms with E-state index in [9.17, 15) is 8.78 Å². The van der Waals surface area contributed by atoms with E-state index in [1.165, 1.54) is 12.1 Å². The number of hydrogen-bond donors (Lipinski definition) is 1. The van der Waals surface area contributed by atoms with E-state index in [1.807, 2.05) is 36.7 Å². The number of aromatic nitrogens is 4. The van der Waals surface area contributed by atoms with Gasteiger partial charge in [-0.2, -0.15) is 5.10 Å². The van der Waals surface area contributed by atoms with Gasteiger partial charge in [0.15, 0.2) is 0 Å². The molecular weight excluding hydrogens is 384 g/mol. The van der Waals surface area contributed by atoms with E-state index in [4.69, 9.17) is 0 Å². The fourth-order valence-electron chi connectivity index (χ4n) is 4.16. The molecule has 1 aliphatic carbocycles. The number of rotatable bonds is 5. The van der Waals surface area contributed by atoms with Crippen molar-refractivity contribution in [1.82, 2.24) is 24.6 Å². The Morgan fingerprint density at radius 1 is 1.07 bits per heavy atom. The van der Waals surface area contributed by atoms with Crippen LogP contribution in [0.3, 0.4) is 0 Å². The van der Waals surface area contributed by atoms with Crippen molar-refractivity contribution in [2.24, 2.45) is 0 Å². The van der Waals surface area contributed by atoms with Gasteiger partial charge < -0.3 is 9.88 Å². The first-order chi connectivity index (χ1) is 14.7. The van der Waals surface area contributed by atoms with Gasteiger partial charge >= 0.3 is 0 Å². The number of fused-ring (bicyclic) bond motifs is 1. The Labute approximate surface area is 173 Å². The topological polar surface area (TPSA) is 47.7 Å². The molecule has 7 heteroatoms. The summed E-state index contributed by atoms with van der Waals surface area (Å²) in [4.78, 5) is 4.42. The Morgan fingerprint density at radius 3 is 2.73 bits per heavy atom. The molecule has 152 valence electrons. The minimum absolute atomic E-state index is 0.132. The van der Waals surface area contributed by atoms with Gasteiger partial charge in [-0.3, -0.25) is 0 Å². The van der Waals surface area contributed by atoms with Gasteiger partial charge in [-0.05, 0) is 55.7 Å². The van der Waals surface area contributed by atoms with Crippen LogP contribution in [0.2, 0.25) is 0 Å². The lowest BCUT2D eigenvalue weighted by molar-refractivity contribution is 0.450. The third kappa shape index (κ3) is 3.52. The molecule has 1 atom stereocenters. The van der Waals surface area contributed by atoms with Gasteiger partial charge in [0.1, 0.15) is 17.5 Å². The summed E-state index contributed by atoms with van der Waals surface area (Å²) in [6.07, 6.45) is 8.39. The highest BCUT2D eigenvalue weighted by atomic mass is 19.1. The fraction of sp³-hybridized carbons (Fsp3) is 0.217. The second-order valence-corrected chi connectivity index (χ2v) is 7.47. The van der Waals surface area contributed by atoms with Crippen molar-refractivity contribution in [3.63, 3.8) is 0 Å². The number of nitrogens with zero attached hydrogens (tertiary/aromatic N) is 4. The molecule has 0 aliphatic heterocycles. The van der Waals surface area contributed by atoms with Crippen LogP contribution in [-0.2, 0) is 13.0 Å². The molecular formula is C23H21F2N5. The van der Waals surface area contributed by atoms with Crippen LogP contribution >= 0.6 is 0 Å². The molecule has 4 aromatic rings. The third-order valence-corrected chi connectivity index (χ3v) is 5.53. The smallest absolute Gasteiger partial charge is 0.136 e. The molecule has 0 fully saturated rings. The molecule has 0 bridgehead atoms. The van der Waals surface area contributed by atoms with Crippen molar-refractivity contribution in [3.8, 4) is 11.5 Å². The van der Waals surface area contributed by atoms with Gasteiger partial charge in [0, 0.05) is 48.0 Å². The molecule has 0 spiro atoms. The average molecular weight is 405 g/mol. The highest BCUT2D eigenvalue weighted by molar-refractivity contribution is 5.38. The van der Waals surface area contributed by atoms with E-state index in [1.54, 1.807) is 10.9 Å². The molecule has 3 heterocycles. The lowest BCUT2D eigenvalue weighted by atomic mass is 9.93. The second kappa shape index (κ2) is 7.84. The molecule has 0 unspecified atom stereocenters. The summed E-state index contributed by atoms with van der Waals surface area (Å²) in [5.74, 6) is -0.324. The third-order valence-electron chi connectivity index (χ3n) is 5.53. The second-order valence-electron chi connectivity index (χ2n) is 7.47. The molecule has 0 saturated carbocycles. The maximum absolute atomic E-state index is 13.7. The van der Waals surface area contributed by atoms with Crippen LogP contribution in [-0.4, -0.2) is 19.3 Å². The molecule has 5 rings (SSSR count). The van der Waals surface area contributed by atoms with Crippen LogP contribution in [0, 0.1) is 11.6 Å². The summed E-state index contributed by atoms with van der Waals surface area (Å²) in [6, 6.07) is 13.6. The Balaban J connectivity index is 1.38. The van der Waals surface area contributed by atoms with Gasteiger partial charge in [0.05, 0.1) is 11.9 Å². The summed E-state index contributed by atoms with van der Waals surface area (Å²) >= 11 is 0.